The van der Waals surface area contributed by atoms with Gasteiger partial charge in [-0.05, 0) is 55.9 Å². The fraction of sp³-hybridized carbons (Fsp3) is 0.692. The first-order valence-corrected chi connectivity index (χ1v) is 12.3. The summed E-state index contributed by atoms with van der Waals surface area (Å²) < 4.78 is 8.00. The van der Waals surface area contributed by atoms with Gasteiger partial charge in [0.15, 0.2) is 0 Å². The molecule has 8 atom stereocenters. The number of esters is 1. The van der Waals surface area contributed by atoms with Gasteiger partial charge in [-0.3, -0.25) is 9.59 Å². The number of rotatable bonds is 2. The van der Waals surface area contributed by atoms with Crippen molar-refractivity contribution in [1.29, 1.82) is 0 Å². The summed E-state index contributed by atoms with van der Waals surface area (Å²) in [6.07, 6.45) is 6.99. The van der Waals surface area contributed by atoms with Crippen LogP contribution in [-0.2, 0) is 16.1 Å². The largest absolute Gasteiger partial charge is 0.462 e. The van der Waals surface area contributed by atoms with Gasteiger partial charge in [0.2, 0.25) is 0 Å². The van der Waals surface area contributed by atoms with Gasteiger partial charge in [-0.2, -0.15) is 0 Å². The van der Waals surface area contributed by atoms with Crippen molar-refractivity contribution in [2.45, 2.75) is 64.0 Å². The zero-order valence-corrected chi connectivity index (χ0v) is 18.6. The average Bonchev–Trinajstić information content (AvgIpc) is 3.01. The van der Waals surface area contributed by atoms with Gasteiger partial charge in [-0.15, -0.1) is 0 Å². The molecule has 2 saturated heterocycles. The molecule has 0 aromatic carbocycles. The molecule has 2 saturated carbocycles. The van der Waals surface area contributed by atoms with Crippen LogP contribution in [0.25, 0.3) is 0 Å². The Morgan fingerprint density at radius 3 is 3.00 bits per heavy atom. The number of carbonyl (C=O) groups excluding carboxylic acids is 1. The van der Waals surface area contributed by atoms with Crippen molar-refractivity contribution in [3.05, 3.63) is 46.4 Å². The lowest BCUT2D eigenvalue weighted by Gasteiger charge is -2.50. The molecule has 0 radical (unpaired) electrons. The van der Waals surface area contributed by atoms with E-state index in [9.17, 15) is 9.59 Å². The monoisotopic (exact) mass is 423 g/mol. The molecule has 166 valence electrons. The first kappa shape index (κ1) is 19.8. The zero-order valence-electron chi connectivity index (χ0n) is 18.6. The number of piperidine rings is 1. The lowest BCUT2D eigenvalue weighted by molar-refractivity contribution is -0.913. The molecular weight excluding hydrogens is 388 g/mol. The van der Waals surface area contributed by atoms with Gasteiger partial charge in [-0.1, -0.05) is 25.1 Å². The van der Waals surface area contributed by atoms with Crippen LogP contribution >= 0.6 is 0 Å². The fourth-order valence-electron chi connectivity index (χ4n) is 8.09. The molecule has 3 aliphatic heterocycles. The van der Waals surface area contributed by atoms with Crippen LogP contribution in [-0.4, -0.2) is 36.3 Å². The van der Waals surface area contributed by atoms with Crippen LogP contribution in [0.15, 0.2) is 35.1 Å². The molecular formula is C26H35N2O3+. The van der Waals surface area contributed by atoms with Crippen molar-refractivity contribution in [3.8, 4) is 0 Å². The van der Waals surface area contributed by atoms with E-state index in [1.807, 2.05) is 10.6 Å². The van der Waals surface area contributed by atoms with Gasteiger partial charge in [-0.25, -0.2) is 0 Å². The SMILES string of the molecule is C=C1CCC[C@@]2(C)C[C@H]3OC(=O)[C@@H](C[NH+]4C[C@H]5C[C@@H](C4)c4cccc(=O)n4C5)[C@@H]3C[C@H]12. The van der Waals surface area contributed by atoms with E-state index < -0.39 is 0 Å². The molecule has 1 N–H and O–H groups in total. The summed E-state index contributed by atoms with van der Waals surface area (Å²) in [6, 6.07) is 5.71. The minimum Gasteiger partial charge on any atom is -0.462 e. The molecule has 4 heterocycles. The van der Waals surface area contributed by atoms with Crippen LogP contribution in [0.1, 0.15) is 57.1 Å². The molecule has 1 aromatic rings. The van der Waals surface area contributed by atoms with Crippen molar-refractivity contribution < 1.29 is 14.4 Å². The third-order valence-electron chi connectivity index (χ3n) is 9.50. The van der Waals surface area contributed by atoms with E-state index in [0.717, 1.165) is 45.4 Å². The highest BCUT2D eigenvalue weighted by atomic mass is 16.6. The fourth-order valence-corrected chi connectivity index (χ4v) is 8.09. The molecule has 0 spiro atoms. The van der Waals surface area contributed by atoms with E-state index in [2.05, 4.69) is 19.6 Å². The molecule has 1 aromatic heterocycles. The molecule has 2 bridgehead atoms. The summed E-state index contributed by atoms with van der Waals surface area (Å²) in [5.74, 6) is 1.93. The Bertz CT molecular complexity index is 983. The second-order valence-corrected chi connectivity index (χ2v) is 11.5. The first-order valence-electron chi connectivity index (χ1n) is 12.3. The third-order valence-corrected chi connectivity index (χ3v) is 9.50. The van der Waals surface area contributed by atoms with Crippen LogP contribution < -0.4 is 10.5 Å². The van der Waals surface area contributed by atoms with E-state index in [1.165, 1.54) is 35.4 Å². The van der Waals surface area contributed by atoms with Gasteiger partial charge < -0.3 is 14.2 Å². The Morgan fingerprint density at radius 2 is 2.13 bits per heavy atom. The van der Waals surface area contributed by atoms with Crippen LogP contribution in [0.3, 0.4) is 0 Å². The molecule has 0 amide bonds. The van der Waals surface area contributed by atoms with Crippen molar-refractivity contribution in [1.82, 2.24) is 4.57 Å². The van der Waals surface area contributed by atoms with Crippen LogP contribution in [0.4, 0.5) is 0 Å². The molecule has 5 heteroatoms. The van der Waals surface area contributed by atoms with Gasteiger partial charge in [0.1, 0.15) is 12.0 Å². The first-order chi connectivity index (χ1) is 14.9. The zero-order chi connectivity index (χ0) is 21.3. The Morgan fingerprint density at radius 1 is 1.26 bits per heavy atom. The summed E-state index contributed by atoms with van der Waals surface area (Å²) in [6.45, 7) is 10.6. The van der Waals surface area contributed by atoms with Crippen molar-refractivity contribution in [2.75, 3.05) is 19.6 Å². The smallest absolute Gasteiger partial charge is 0.315 e. The Labute approximate surface area is 184 Å². The van der Waals surface area contributed by atoms with Crippen molar-refractivity contribution >= 4 is 5.97 Å². The van der Waals surface area contributed by atoms with E-state index in [0.29, 0.717) is 23.7 Å². The summed E-state index contributed by atoms with van der Waals surface area (Å²) in [5, 5.41) is 0. The summed E-state index contributed by atoms with van der Waals surface area (Å²) in [7, 11) is 0. The maximum atomic E-state index is 13.0. The van der Waals surface area contributed by atoms with Crippen LogP contribution in [0, 0.1) is 29.1 Å². The average molecular weight is 424 g/mol. The number of carbonyl (C=O) groups is 1. The quantitative estimate of drug-likeness (QED) is 0.586. The topological polar surface area (TPSA) is 52.7 Å². The maximum absolute atomic E-state index is 13.0. The van der Waals surface area contributed by atoms with E-state index in [1.54, 1.807) is 6.07 Å². The molecule has 5 nitrogen and oxygen atoms in total. The number of likely N-dealkylation sites (tertiary alicyclic amines) is 1. The molecule has 4 fully saturated rings. The molecule has 2 aliphatic carbocycles. The lowest BCUT2D eigenvalue weighted by atomic mass is 9.55. The van der Waals surface area contributed by atoms with Gasteiger partial charge >= 0.3 is 5.97 Å². The third kappa shape index (κ3) is 3.14. The van der Waals surface area contributed by atoms with Crippen LogP contribution in [0.2, 0.25) is 0 Å². The standard InChI is InChI=1S/C26H34N2O3/c1-16-5-4-8-26(2)11-23-19(10-21(16)26)20(25(30)31-23)15-27-12-17-9-18(14-27)22-6-3-7-24(29)28(22)13-17/h3,6-7,17-21,23H,1,4-5,8-15H2,2H3/p+1/t17-,18+,19+,20+,21-,23-,26+/m1/s1. The molecule has 1 unspecified atom stereocenters. The number of fused-ring (bicyclic) bond motifs is 6. The minimum atomic E-state index is 0.0241. The second kappa shape index (κ2) is 7.06. The Hall–Kier alpha value is -1.88. The maximum Gasteiger partial charge on any atom is 0.315 e. The minimum absolute atomic E-state index is 0.0241. The summed E-state index contributed by atoms with van der Waals surface area (Å²) >= 11 is 0. The van der Waals surface area contributed by atoms with E-state index >= 15 is 0 Å². The number of ether oxygens (including phenoxy) is 1. The predicted molar refractivity (Wildman–Crippen MR) is 118 cm³/mol. The number of hydrogen-bond donors (Lipinski definition) is 1. The van der Waals surface area contributed by atoms with Crippen molar-refractivity contribution in [2.24, 2.45) is 29.1 Å². The number of hydrogen-bond acceptors (Lipinski definition) is 3. The normalized spacial score (nSPS) is 43.6. The highest BCUT2D eigenvalue weighted by molar-refractivity contribution is 5.75. The summed E-state index contributed by atoms with van der Waals surface area (Å²) in [4.78, 5) is 26.8. The van der Waals surface area contributed by atoms with Crippen molar-refractivity contribution in [3.63, 3.8) is 0 Å². The molecule has 6 rings (SSSR count). The summed E-state index contributed by atoms with van der Waals surface area (Å²) in [5.41, 5.74) is 3.00. The second-order valence-electron chi connectivity index (χ2n) is 11.5. The Balaban J connectivity index is 1.20. The number of allylic oxidation sites excluding steroid dienone is 1. The number of quaternary nitrogens is 1. The molecule has 5 aliphatic rings. The number of nitrogens with one attached hydrogen (secondary N) is 1. The van der Waals surface area contributed by atoms with Gasteiger partial charge in [0, 0.05) is 36.1 Å². The highest BCUT2D eigenvalue weighted by Crippen LogP contribution is 2.56. The van der Waals surface area contributed by atoms with Crippen LogP contribution in [0.5, 0.6) is 0 Å². The van der Waals surface area contributed by atoms with Gasteiger partial charge in [0.05, 0.1) is 19.6 Å². The lowest BCUT2D eigenvalue weighted by Crippen LogP contribution is -3.15. The molecule has 31 heavy (non-hydrogen) atoms. The Kier molecular flexibility index (Phi) is 4.51. The predicted octanol–water partition coefficient (Wildman–Crippen LogP) is 2.16. The van der Waals surface area contributed by atoms with E-state index in [-0.39, 0.29) is 29.0 Å². The van der Waals surface area contributed by atoms with E-state index in [4.69, 9.17) is 4.74 Å². The highest BCUT2D eigenvalue weighted by Gasteiger charge is 2.56. The number of nitrogens with zero attached hydrogens (tertiary/aromatic N) is 1. The number of pyridine rings is 1. The number of aromatic nitrogens is 1. The van der Waals surface area contributed by atoms with Gasteiger partial charge in [0.25, 0.3) is 5.56 Å².